The van der Waals surface area contributed by atoms with Gasteiger partial charge in [0.05, 0.1) is 6.54 Å². The molecule has 2 unspecified atom stereocenters. The molecule has 2 atom stereocenters. The smallest absolute Gasteiger partial charge is 0.409 e. The van der Waals surface area contributed by atoms with E-state index in [9.17, 15) is 4.79 Å². The maximum Gasteiger partial charge on any atom is 0.409 e. The van der Waals surface area contributed by atoms with E-state index < -0.39 is 0 Å². The third-order valence-corrected chi connectivity index (χ3v) is 5.62. The van der Waals surface area contributed by atoms with Crippen molar-refractivity contribution >= 4 is 6.09 Å². The van der Waals surface area contributed by atoms with Crippen LogP contribution < -0.4 is 0 Å². The van der Waals surface area contributed by atoms with Gasteiger partial charge in [0, 0.05) is 31.7 Å². The highest BCUT2D eigenvalue weighted by Crippen LogP contribution is 2.23. The highest BCUT2D eigenvalue weighted by molar-refractivity contribution is 5.69. The van der Waals surface area contributed by atoms with Crippen LogP contribution in [0.15, 0.2) is 30.3 Å². The van der Waals surface area contributed by atoms with Crippen LogP contribution >= 0.6 is 0 Å². The minimum atomic E-state index is -0.148. The number of likely N-dealkylation sites (tertiary alicyclic amines) is 1. The van der Waals surface area contributed by atoms with Crippen LogP contribution in [-0.4, -0.2) is 72.7 Å². The molecule has 138 valence electrons. The van der Waals surface area contributed by atoms with E-state index in [1.54, 1.807) is 0 Å². The summed E-state index contributed by atoms with van der Waals surface area (Å²) in [5.41, 5.74) is 1.40. The van der Waals surface area contributed by atoms with E-state index in [0.29, 0.717) is 18.7 Å². The van der Waals surface area contributed by atoms with Crippen molar-refractivity contribution in [2.75, 3.05) is 39.8 Å². The Bertz CT molecular complexity index is 551. The molecule has 0 N–H and O–H groups in total. The molecule has 0 radical (unpaired) electrons. The van der Waals surface area contributed by atoms with E-state index in [2.05, 4.69) is 54.1 Å². The third-order valence-electron chi connectivity index (χ3n) is 5.62. The molecule has 2 aliphatic heterocycles. The largest absolute Gasteiger partial charge is 0.448 e. The van der Waals surface area contributed by atoms with Crippen molar-refractivity contribution in [3.63, 3.8) is 0 Å². The molecule has 0 aliphatic carbocycles. The lowest BCUT2D eigenvalue weighted by atomic mass is 9.96. The van der Waals surface area contributed by atoms with Crippen LogP contribution in [0.25, 0.3) is 0 Å². The van der Waals surface area contributed by atoms with Crippen LogP contribution in [0.1, 0.15) is 31.7 Å². The number of ether oxygens (including phenoxy) is 1. The van der Waals surface area contributed by atoms with Gasteiger partial charge in [-0.3, -0.25) is 4.90 Å². The zero-order valence-electron chi connectivity index (χ0n) is 15.6. The standard InChI is InChI=1S/C20H31N3O2/c1-17-15-19(9-12-23(17)16-18-7-4-3-5-8-18)21(2)10-6-11-22-13-14-25-20(22)24/h3-5,7-8,17,19H,6,9-16H2,1-2H3. The van der Waals surface area contributed by atoms with Crippen LogP contribution in [0.3, 0.4) is 0 Å². The number of hydrogen-bond donors (Lipinski definition) is 0. The Balaban J connectivity index is 1.40. The molecule has 0 bridgehead atoms. The van der Waals surface area contributed by atoms with Crippen molar-refractivity contribution in [3.8, 4) is 0 Å². The number of benzene rings is 1. The molecule has 3 rings (SSSR count). The highest BCUT2D eigenvalue weighted by atomic mass is 16.6. The lowest BCUT2D eigenvalue weighted by Gasteiger charge is -2.41. The summed E-state index contributed by atoms with van der Waals surface area (Å²) >= 11 is 0. The van der Waals surface area contributed by atoms with Crippen LogP contribution in [0.2, 0.25) is 0 Å². The number of piperidine rings is 1. The Kier molecular flexibility index (Phi) is 6.32. The summed E-state index contributed by atoms with van der Waals surface area (Å²) in [5.74, 6) is 0. The molecular formula is C20H31N3O2. The van der Waals surface area contributed by atoms with Gasteiger partial charge in [-0.05, 0) is 45.3 Å². The van der Waals surface area contributed by atoms with Crippen molar-refractivity contribution in [2.45, 2.75) is 44.8 Å². The van der Waals surface area contributed by atoms with E-state index in [-0.39, 0.29) is 6.09 Å². The summed E-state index contributed by atoms with van der Waals surface area (Å²) in [7, 11) is 2.23. The quantitative estimate of drug-likeness (QED) is 0.761. The lowest BCUT2D eigenvalue weighted by molar-refractivity contribution is 0.0788. The molecule has 0 spiro atoms. The number of amides is 1. The maximum absolute atomic E-state index is 11.5. The van der Waals surface area contributed by atoms with E-state index in [4.69, 9.17) is 4.74 Å². The number of nitrogens with zero attached hydrogens (tertiary/aromatic N) is 3. The first-order valence-electron chi connectivity index (χ1n) is 9.53. The second-order valence-corrected chi connectivity index (χ2v) is 7.42. The van der Waals surface area contributed by atoms with Crippen molar-refractivity contribution in [1.29, 1.82) is 0 Å². The zero-order valence-corrected chi connectivity index (χ0v) is 15.6. The predicted molar refractivity (Wildman–Crippen MR) is 99.5 cm³/mol. The summed E-state index contributed by atoms with van der Waals surface area (Å²) in [6.45, 7) is 7.71. The Hall–Kier alpha value is -1.59. The highest BCUT2D eigenvalue weighted by Gasteiger charge is 2.28. The van der Waals surface area contributed by atoms with Gasteiger partial charge < -0.3 is 14.5 Å². The monoisotopic (exact) mass is 345 g/mol. The fraction of sp³-hybridized carbons (Fsp3) is 0.650. The van der Waals surface area contributed by atoms with E-state index >= 15 is 0 Å². The first kappa shape index (κ1) is 18.2. The van der Waals surface area contributed by atoms with Gasteiger partial charge in [-0.1, -0.05) is 30.3 Å². The molecule has 5 heteroatoms. The normalized spacial score (nSPS) is 24.8. The number of hydrogen-bond acceptors (Lipinski definition) is 4. The van der Waals surface area contributed by atoms with Gasteiger partial charge in [0.2, 0.25) is 0 Å². The summed E-state index contributed by atoms with van der Waals surface area (Å²) in [6.07, 6.45) is 3.31. The second kappa shape index (κ2) is 8.68. The molecule has 2 heterocycles. The number of carbonyl (C=O) groups excluding carboxylic acids is 1. The average Bonchev–Trinajstić information content (AvgIpc) is 3.02. The molecule has 2 aliphatic rings. The van der Waals surface area contributed by atoms with Crippen LogP contribution in [0, 0.1) is 0 Å². The molecular weight excluding hydrogens is 314 g/mol. The van der Waals surface area contributed by atoms with Gasteiger partial charge in [0.15, 0.2) is 0 Å². The van der Waals surface area contributed by atoms with Gasteiger partial charge in [-0.15, -0.1) is 0 Å². The van der Waals surface area contributed by atoms with E-state index in [0.717, 1.165) is 39.1 Å². The number of rotatable bonds is 7. The number of carbonyl (C=O) groups is 1. The van der Waals surface area contributed by atoms with Crippen LogP contribution in [-0.2, 0) is 11.3 Å². The Morgan fingerprint density at radius 1 is 1.24 bits per heavy atom. The Morgan fingerprint density at radius 3 is 2.72 bits per heavy atom. The minimum absolute atomic E-state index is 0.148. The fourth-order valence-corrected chi connectivity index (χ4v) is 3.97. The third kappa shape index (κ3) is 4.95. The Labute approximate surface area is 151 Å². The van der Waals surface area contributed by atoms with Gasteiger partial charge in [-0.2, -0.15) is 0 Å². The molecule has 5 nitrogen and oxygen atoms in total. The molecule has 0 aromatic heterocycles. The van der Waals surface area contributed by atoms with E-state index in [1.807, 2.05) is 4.90 Å². The van der Waals surface area contributed by atoms with E-state index in [1.165, 1.54) is 18.4 Å². The Morgan fingerprint density at radius 2 is 2.04 bits per heavy atom. The SMILES string of the molecule is CC1CC(N(C)CCCN2CCOC2=O)CCN1Cc1ccccc1. The van der Waals surface area contributed by atoms with Gasteiger partial charge in [0.1, 0.15) is 6.61 Å². The summed E-state index contributed by atoms with van der Waals surface area (Å²) in [5, 5.41) is 0. The number of cyclic esters (lactones) is 1. The molecule has 1 aromatic rings. The average molecular weight is 345 g/mol. The molecule has 2 fully saturated rings. The zero-order chi connectivity index (χ0) is 17.6. The van der Waals surface area contributed by atoms with Gasteiger partial charge in [-0.25, -0.2) is 4.79 Å². The lowest BCUT2D eigenvalue weighted by Crippen LogP contribution is -2.48. The van der Waals surface area contributed by atoms with Crippen molar-refractivity contribution in [1.82, 2.24) is 14.7 Å². The minimum Gasteiger partial charge on any atom is -0.448 e. The maximum atomic E-state index is 11.5. The fourth-order valence-electron chi connectivity index (χ4n) is 3.97. The molecule has 2 saturated heterocycles. The predicted octanol–water partition coefficient (Wildman–Crippen LogP) is 2.81. The molecule has 1 aromatic carbocycles. The van der Waals surface area contributed by atoms with Gasteiger partial charge >= 0.3 is 6.09 Å². The summed E-state index contributed by atoms with van der Waals surface area (Å²) in [6, 6.07) is 12.0. The molecule has 1 amide bonds. The molecule has 25 heavy (non-hydrogen) atoms. The van der Waals surface area contributed by atoms with Crippen molar-refractivity contribution in [2.24, 2.45) is 0 Å². The first-order valence-corrected chi connectivity index (χ1v) is 9.53. The summed E-state index contributed by atoms with van der Waals surface area (Å²) in [4.78, 5) is 18.4. The second-order valence-electron chi connectivity index (χ2n) is 7.42. The first-order chi connectivity index (χ1) is 12.1. The van der Waals surface area contributed by atoms with Gasteiger partial charge in [0.25, 0.3) is 0 Å². The topological polar surface area (TPSA) is 36.0 Å². The van der Waals surface area contributed by atoms with Crippen LogP contribution in [0.5, 0.6) is 0 Å². The van der Waals surface area contributed by atoms with Crippen molar-refractivity contribution < 1.29 is 9.53 Å². The summed E-state index contributed by atoms with van der Waals surface area (Å²) < 4.78 is 4.98. The molecule has 0 saturated carbocycles. The van der Waals surface area contributed by atoms with Crippen LogP contribution in [0.4, 0.5) is 4.79 Å². The van der Waals surface area contributed by atoms with Crippen molar-refractivity contribution in [3.05, 3.63) is 35.9 Å².